The number of aldehydes is 1. The number of carbonyl (C=O) groups is 3. The number of nitrogens with one attached hydrogen (secondary N) is 1. The van der Waals surface area contributed by atoms with Gasteiger partial charge in [0.2, 0.25) is 12.3 Å². The molecule has 0 saturated carbocycles. The van der Waals surface area contributed by atoms with Crippen LogP contribution in [0.3, 0.4) is 0 Å². The quantitative estimate of drug-likeness (QED) is 0.742. The number of hydrogen-bond donors (Lipinski definition) is 2. The number of carbonyl (C=O) groups excluding carboxylic acids is 3. The monoisotopic (exact) mass is 295 g/mol. The van der Waals surface area contributed by atoms with Crippen molar-refractivity contribution in [3.05, 3.63) is 11.8 Å². The van der Waals surface area contributed by atoms with E-state index in [-0.39, 0.29) is 24.3 Å². The van der Waals surface area contributed by atoms with Crippen molar-refractivity contribution in [3.63, 3.8) is 0 Å². The van der Waals surface area contributed by atoms with Crippen molar-refractivity contribution in [2.45, 2.75) is 51.6 Å². The van der Waals surface area contributed by atoms with Crippen molar-refractivity contribution < 1.29 is 14.4 Å². The minimum absolute atomic E-state index is 0.132. The molecule has 1 saturated heterocycles. The Labute approximate surface area is 125 Å². The molecular weight excluding hydrogens is 270 g/mol. The maximum Gasteiger partial charge on any atom is 0.245 e. The molecule has 3 N–H and O–H groups in total. The lowest BCUT2D eigenvalue weighted by molar-refractivity contribution is -0.134. The second-order valence-electron chi connectivity index (χ2n) is 5.54. The number of rotatable bonds is 4. The summed E-state index contributed by atoms with van der Waals surface area (Å²) in [4.78, 5) is 33.4. The zero-order valence-electron chi connectivity index (χ0n) is 12.7. The van der Waals surface area contributed by atoms with Gasteiger partial charge in [0, 0.05) is 30.6 Å². The molecule has 2 aliphatic heterocycles. The van der Waals surface area contributed by atoms with Crippen molar-refractivity contribution in [1.29, 1.82) is 0 Å². The fraction of sp³-hybridized carbons (Fsp3) is 0.667. The minimum Gasteiger partial charge on any atom is -0.377 e. The van der Waals surface area contributed by atoms with E-state index in [1.165, 1.54) is 0 Å². The summed E-state index contributed by atoms with van der Waals surface area (Å²) in [7, 11) is 0. The average Bonchev–Trinajstić information content (AvgIpc) is 3.03. The molecule has 2 amide bonds. The molecular formula is C15H25N3O3. The molecule has 0 bridgehead atoms. The fourth-order valence-electron chi connectivity index (χ4n) is 2.89. The largest absolute Gasteiger partial charge is 0.377 e. The zero-order valence-corrected chi connectivity index (χ0v) is 12.7. The highest BCUT2D eigenvalue weighted by atomic mass is 16.2. The third-order valence-electron chi connectivity index (χ3n) is 3.96. The molecule has 6 nitrogen and oxygen atoms in total. The number of nitrogens with two attached hydrogens (primary N) is 1. The Bertz CT molecular complexity index is 409. The summed E-state index contributed by atoms with van der Waals surface area (Å²) in [6.45, 7) is 5.06. The van der Waals surface area contributed by atoms with Gasteiger partial charge in [0.25, 0.3) is 0 Å². The lowest BCUT2D eigenvalue weighted by Crippen LogP contribution is -2.47. The van der Waals surface area contributed by atoms with E-state index in [4.69, 9.17) is 4.79 Å². The standard InChI is InChI=1S/C14H22N2O2.CH3NO/c1-10-9-12(6-4-8-17)15-13(10)14(18)16-7-3-5-11(16)2;2-1-3/h8-11,13,15H,3-7H2,1-2H3;1H,(H2,2,3)/t10?,11-,13?;/m1./s1. The SMILES string of the molecule is CC1C=C(CCC=O)NC1C(=O)N1CCC[C@H]1C.NC=O. The zero-order chi connectivity index (χ0) is 15.8. The summed E-state index contributed by atoms with van der Waals surface area (Å²) in [5.41, 5.74) is 5.21. The van der Waals surface area contributed by atoms with Crippen LogP contribution in [-0.2, 0) is 14.4 Å². The molecule has 0 spiro atoms. The topological polar surface area (TPSA) is 92.5 Å². The second kappa shape index (κ2) is 8.44. The molecule has 3 atom stereocenters. The van der Waals surface area contributed by atoms with Crippen LogP contribution in [0.15, 0.2) is 11.8 Å². The van der Waals surface area contributed by atoms with Gasteiger partial charge in [0.15, 0.2) is 0 Å². The molecule has 0 radical (unpaired) electrons. The van der Waals surface area contributed by atoms with Gasteiger partial charge in [0.05, 0.1) is 0 Å². The summed E-state index contributed by atoms with van der Waals surface area (Å²) in [5, 5.41) is 3.28. The van der Waals surface area contributed by atoms with Crippen molar-refractivity contribution in [2.75, 3.05) is 6.54 Å². The van der Waals surface area contributed by atoms with Crippen LogP contribution in [0.25, 0.3) is 0 Å². The predicted molar refractivity (Wildman–Crippen MR) is 80.1 cm³/mol. The van der Waals surface area contributed by atoms with Gasteiger partial charge in [-0.15, -0.1) is 0 Å². The van der Waals surface area contributed by atoms with Gasteiger partial charge < -0.3 is 20.7 Å². The maximum atomic E-state index is 12.4. The molecule has 0 aromatic heterocycles. The van der Waals surface area contributed by atoms with Crippen LogP contribution < -0.4 is 11.1 Å². The Hall–Kier alpha value is -1.85. The first kappa shape index (κ1) is 17.2. The van der Waals surface area contributed by atoms with Crippen LogP contribution in [-0.4, -0.2) is 42.1 Å². The summed E-state index contributed by atoms with van der Waals surface area (Å²) in [6.07, 6.45) is 6.72. The number of primary amides is 1. The van der Waals surface area contributed by atoms with E-state index < -0.39 is 0 Å². The second-order valence-corrected chi connectivity index (χ2v) is 5.54. The smallest absolute Gasteiger partial charge is 0.245 e. The van der Waals surface area contributed by atoms with Crippen LogP contribution in [0.1, 0.15) is 39.5 Å². The van der Waals surface area contributed by atoms with Crippen LogP contribution in [0, 0.1) is 5.92 Å². The first-order chi connectivity index (χ1) is 10.0. The Morgan fingerprint density at radius 3 is 2.67 bits per heavy atom. The number of likely N-dealkylation sites (tertiary alicyclic amines) is 1. The minimum atomic E-state index is -0.132. The Balaban J connectivity index is 0.000000677. The van der Waals surface area contributed by atoms with Gasteiger partial charge in [-0.25, -0.2) is 0 Å². The van der Waals surface area contributed by atoms with E-state index in [2.05, 4.69) is 31.0 Å². The van der Waals surface area contributed by atoms with Crippen molar-refractivity contribution >= 4 is 18.6 Å². The Morgan fingerprint density at radius 2 is 2.14 bits per heavy atom. The van der Waals surface area contributed by atoms with Crippen LogP contribution in [0.5, 0.6) is 0 Å². The summed E-state index contributed by atoms with van der Waals surface area (Å²) in [5.74, 6) is 0.428. The van der Waals surface area contributed by atoms with E-state index in [0.717, 1.165) is 31.4 Å². The van der Waals surface area contributed by atoms with E-state index in [0.29, 0.717) is 18.9 Å². The third kappa shape index (κ3) is 4.58. The molecule has 2 unspecified atom stereocenters. The Morgan fingerprint density at radius 1 is 1.48 bits per heavy atom. The van der Waals surface area contributed by atoms with Gasteiger partial charge in [-0.2, -0.15) is 0 Å². The van der Waals surface area contributed by atoms with E-state index >= 15 is 0 Å². The van der Waals surface area contributed by atoms with Gasteiger partial charge in [-0.05, 0) is 26.2 Å². The van der Waals surface area contributed by atoms with Crippen molar-refractivity contribution in [2.24, 2.45) is 11.7 Å². The molecule has 118 valence electrons. The van der Waals surface area contributed by atoms with Gasteiger partial charge in [-0.1, -0.05) is 13.0 Å². The molecule has 2 rings (SSSR count). The van der Waals surface area contributed by atoms with Gasteiger partial charge in [0.1, 0.15) is 12.3 Å². The Kier molecular flexibility index (Phi) is 6.91. The summed E-state index contributed by atoms with van der Waals surface area (Å²) >= 11 is 0. The highest BCUT2D eigenvalue weighted by Crippen LogP contribution is 2.24. The van der Waals surface area contributed by atoms with Crippen LogP contribution in [0.4, 0.5) is 0 Å². The first-order valence-electron chi connectivity index (χ1n) is 7.41. The highest BCUT2D eigenvalue weighted by Gasteiger charge is 2.35. The normalized spacial score (nSPS) is 27.2. The number of hydrogen-bond acceptors (Lipinski definition) is 4. The molecule has 0 aromatic rings. The van der Waals surface area contributed by atoms with Crippen molar-refractivity contribution in [1.82, 2.24) is 10.2 Å². The number of nitrogens with zero attached hydrogens (tertiary/aromatic N) is 1. The van der Waals surface area contributed by atoms with Crippen LogP contribution >= 0.6 is 0 Å². The summed E-state index contributed by atoms with van der Waals surface area (Å²) < 4.78 is 0. The number of amides is 2. The molecule has 0 aliphatic carbocycles. The summed E-state index contributed by atoms with van der Waals surface area (Å²) in [6, 6.07) is 0.234. The molecule has 0 aromatic carbocycles. The van der Waals surface area contributed by atoms with E-state index in [1.807, 2.05) is 4.90 Å². The maximum absolute atomic E-state index is 12.4. The molecule has 6 heteroatoms. The molecule has 2 heterocycles. The molecule has 2 aliphatic rings. The number of allylic oxidation sites excluding steroid dienone is 1. The van der Waals surface area contributed by atoms with Crippen LogP contribution in [0.2, 0.25) is 0 Å². The van der Waals surface area contributed by atoms with Crippen molar-refractivity contribution in [3.8, 4) is 0 Å². The average molecular weight is 295 g/mol. The fourth-order valence-corrected chi connectivity index (χ4v) is 2.89. The lowest BCUT2D eigenvalue weighted by Gasteiger charge is -2.27. The predicted octanol–water partition coefficient (Wildman–Crippen LogP) is 0.570. The van der Waals surface area contributed by atoms with Gasteiger partial charge in [-0.3, -0.25) is 9.59 Å². The highest BCUT2D eigenvalue weighted by molar-refractivity contribution is 5.84. The molecule has 21 heavy (non-hydrogen) atoms. The van der Waals surface area contributed by atoms with E-state index in [9.17, 15) is 9.59 Å². The van der Waals surface area contributed by atoms with E-state index in [1.54, 1.807) is 0 Å². The van der Waals surface area contributed by atoms with Gasteiger partial charge >= 0.3 is 0 Å². The first-order valence-corrected chi connectivity index (χ1v) is 7.41. The third-order valence-corrected chi connectivity index (χ3v) is 3.96. The molecule has 1 fully saturated rings. The lowest BCUT2D eigenvalue weighted by atomic mass is 10.0.